The van der Waals surface area contributed by atoms with Gasteiger partial charge in [-0.25, -0.2) is 0 Å². The number of ether oxygens (including phenoxy) is 1. The van der Waals surface area contributed by atoms with Crippen molar-refractivity contribution in [3.63, 3.8) is 0 Å². The minimum Gasteiger partial charge on any atom is -0.481 e. The van der Waals surface area contributed by atoms with Crippen LogP contribution >= 0.6 is 0 Å². The Morgan fingerprint density at radius 1 is 1.00 bits per heavy atom. The molecule has 3 nitrogen and oxygen atoms in total. The van der Waals surface area contributed by atoms with E-state index in [1.807, 2.05) is 42.5 Å². The number of aliphatic carboxylic acids is 1. The molecule has 3 rings (SSSR count). The first-order chi connectivity index (χ1) is 9.70. The summed E-state index contributed by atoms with van der Waals surface area (Å²) < 4.78 is 5.25. The molecule has 1 aliphatic heterocycles. The molecule has 0 spiro atoms. The molecule has 0 unspecified atom stereocenters. The summed E-state index contributed by atoms with van der Waals surface area (Å²) in [6.07, 6.45) is 0.123. The summed E-state index contributed by atoms with van der Waals surface area (Å²) in [4.78, 5) is 11.0. The molecule has 102 valence electrons. The highest BCUT2D eigenvalue weighted by Crippen LogP contribution is 2.36. The summed E-state index contributed by atoms with van der Waals surface area (Å²) in [5.74, 6) is -0.777. The largest absolute Gasteiger partial charge is 0.481 e. The number of carboxylic acid groups (broad SMARTS) is 1. The van der Waals surface area contributed by atoms with Crippen LogP contribution in [-0.2, 0) is 14.9 Å². The van der Waals surface area contributed by atoms with Gasteiger partial charge in [0.1, 0.15) is 0 Å². The van der Waals surface area contributed by atoms with Gasteiger partial charge >= 0.3 is 5.97 Å². The van der Waals surface area contributed by atoms with E-state index in [1.165, 1.54) is 0 Å². The third kappa shape index (κ3) is 2.32. The van der Waals surface area contributed by atoms with Crippen molar-refractivity contribution >= 4 is 5.97 Å². The fourth-order valence-corrected chi connectivity index (χ4v) is 2.66. The van der Waals surface area contributed by atoms with Crippen molar-refractivity contribution < 1.29 is 14.6 Å². The molecule has 1 aliphatic rings. The monoisotopic (exact) mass is 268 g/mol. The highest BCUT2D eigenvalue weighted by atomic mass is 16.5. The second-order valence-corrected chi connectivity index (χ2v) is 5.29. The smallest absolute Gasteiger partial charge is 0.304 e. The van der Waals surface area contributed by atoms with Crippen LogP contribution in [0.4, 0.5) is 0 Å². The number of carboxylic acids is 1. The lowest BCUT2D eigenvalue weighted by Gasteiger charge is -2.40. The van der Waals surface area contributed by atoms with Crippen molar-refractivity contribution in [2.24, 2.45) is 0 Å². The Balaban J connectivity index is 1.88. The molecule has 2 aromatic carbocycles. The molecule has 0 radical (unpaired) electrons. The predicted molar refractivity (Wildman–Crippen MR) is 76.6 cm³/mol. The molecule has 0 aromatic heterocycles. The van der Waals surface area contributed by atoms with Crippen LogP contribution in [0.1, 0.15) is 12.0 Å². The molecule has 0 saturated carbocycles. The van der Waals surface area contributed by atoms with E-state index in [0.717, 1.165) is 16.7 Å². The molecule has 2 aromatic rings. The third-order valence-corrected chi connectivity index (χ3v) is 3.85. The Morgan fingerprint density at radius 2 is 1.60 bits per heavy atom. The molecular formula is C17H16O3. The van der Waals surface area contributed by atoms with Crippen LogP contribution in [0, 0.1) is 0 Å². The van der Waals surface area contributed by atoms with Gasteiger partial charge in [-0.15, -0.1) is 0 Å². The van der Waals surface area contributed by atoms with Crippen molar-refractivity contribution in [2.45, 2.75) is 11.8 Å². The van der Waals surface area contributed by atoms with Gasteiger partial charge < -0.3 is 9.84 Å². The number of rotatable bonds is 4. The van der Waals surface area contributed by atoms with Crippen LogP contribution in [0.3, 0.4) is 0 Å². The molecule has 1 saturated heterocycles. The zero-order valence-electron chi connectivity index (χ0n) is 11.1. The average Bonchev–Trinajstić information content (AvgIpc) is 2.44. The van der Waals surface area contributed by atoms with Crippen LogP contribution in [-0.4, -0.2) is 24.3 Å². The predicted octanol–water partition coefficient (Wildman–Crippen LogP) is 3.10. The van der Waals surface area contributed by atoms with Crippen LogP contribution in [0.15, 0.2) is 54.6 Å². The van der Waals surface area contributed by atoms with E-state index in [1.54, 1.807) is 0 Å². The number of hydrogen-bond donors (Lipinski definition) is 1. The van der Waals surface area contributed by atoms with E-state index >= 15 is 0 Å². The van der Waals surface area contributed by atoms with E-state index in [-0.39, 0.29) is 11.8 Å². The molecule has 1 N–H and O–H groups in total. The Labute approximate surface area is 117 Å². The fourth-order valence-electron chi connectivity index (χ4n) is 2.66. The van der Waals surface area contributed by atoms with Gasteiger partial charge in [-0.05, 0) is 16.7 Å². The van der Waals surface area contributed by atoms with Crippen LogP contribution < -0.4 is 0 Å². The summed E-state index contributed by atoms with van der Waals surface area (Å²) in [5.41, 5.74) is 3.00. The van der Waals surface area contributed by atoms with Crippen LogP contribution in [0.5, 0.6) is 0 Å². The molecule has 0 atom stereocenters. The normalized spacial score (nSPS) is 16.4. The number of carbonyl (C=O) groups is 1. The molecule has 1 heterocycles. The summed E-state index contributed by atoms with van der Waals surface area (Å²) in [5, 5.41) is 9.05. The van der Waals surface area contributed by atoms with Crippen LogP contribution in [0.25, 0.3) is 11.1 Å². The molecule has 0 amide bonds. The number of hydrogen-bond acceptors (Lipinski definition) is 2. The highest BCUT2D eigenvalue weighted by molar-refractivity contribution is 5.70. The van der Waals surface area contributed by atoms with Gasteiger partial charge in [-0.2, -0.15) is 0 Å². The van der Waals surface area contributed by atoms with Crippen molar-refractivity contribution in [3.8, 4) is 11.1 Å². The quantitative estimate of drug-likeness (QED) is 0.926. The van der Waals surface area contributed by atoms with Gasteiger partial charge in [0, 0.05) is 0 Å². The zero-order chi connectivity index (χ0) is 14.0. The zero-order valence-corrected chi connectivity index (χ0v) is 11.1. The molecule has 0 bridgehead atoms. The first-order valence-electron chi connectivity index (χ1n) is 6.65. The molecule has 20 heavy (non-hydrogen) atoms. The number of benzene rings is 2. The van der Waals surface area contributed by atoms with Gasteiger partial charge in [0.2, 0.25) is 0 Å². The lowest BCUT2D eigenvalue weighted by atomic mass is 9.75. The summed E-state index contributed by atoms with van der Waals surface area (Å²) in [6.45, 7) is 0.980. The maximum absolute atomic E-state index is 11.0. The summed E-state index contributed by atoms with van der Waals surface area (Å²) in [7, 11) is 0. The first-order valence-corrected chi connectivity index (χ1v) is 6.65. The van der Waals surface area contributed by atoms with Crippen LogP contribution in [0.2, 0.25) is 0 Å². The van der Waals surface area contributed by atoms with Gasteiger partial charge in [0.25, 0.3) is 0 Å². The van der Waals surface area contributed by atoms with E-state index in [0.29, 0.717) is 13.2 Å². The lowest BCUT2D eigenvalue weighted by molar-refractivity contribution is -0.145. The molecule has 0 aliphatic carbocycles. The van der Waals surface area contributed by atoms with E-state index in [9.17, 15) is 4.79 Å². The second-order valence-electron chi connectivity index (χ2n) is 5.29. The standard InChI is InChI=1S/C17H16O3/c18-16(19)10-17(11-20-12-17)15-8-6-14(7-9-15)13-4-2-1-3-5-13/h1-9H,10-12H2,(H,18,19). The molecule has 3 heteroatoms. The second kappa shape index (κ2) is 5.10. The Hall–Kier alpha value is -2.13. The van der Waals surface area contributed by atoms with E-state index in [2.05, 4.69) is 12.1 Å². The minimum atomic E-state index is -0.777. The molecular weight excluding hydrogens is 252 g/mol. The summed E-state index contributed by atoms with van der Waals surface area (Å²) >= 11 is 0. The minimum absolute atomic E-state index is 0.123. The van der Waals surface area contributed by atoms with Gasteiger partial charge in [0.05, 0.1) is 25.0 Å². The maximum Gasteiger partial charge on any atom is 0.304 e. The highest BCUT2D eigenvalue weighted by Gasteiger charge is 2.42. The van der Waals surface area contributed by atoms with Gasteiger partial charge in [0.15, 0.2) is 0 Å². The molecule has 1 fully saturated rings. The Kier molecular flexibility index (Phi) is 3.28. The third-order valence-electron chi connectivity index (χ3n) is 3.85. The Morgan fingerprint density at radius 3 is 2.10 bits per heavy atom. The van der Waals surface area contributed by atoms with E-state index in [4.69, 9.17) is 9.84 Å². The van der Waals surface area contributed by atoms with Gasteiger partial charge in [-0.1, -0.05) is 54.6 Å². The van der Waals surface area contributed by atoms with Crippen molar-refractivity contribution in [1.29, 1.82) is 0 Å². The maximum atomic E-state index is 11.0. The van der Waals surface area contributed by atoms with Gasteiger partial charge in [-0.3, -0.25) is 4.79 Å². The van der Waals surface area contributed by atoms with Crippen molar-refractivity contribution in [1.82, 2.24) is 0 Å². The SMILES string of the molecule is O=C(O)CC1(c2ccc(-c3ccccc3)cc2)COC1. The van der Waals surface area contributed by atoms with Crippen molar-refractivity contribution in [2.75, 3.05) is 13.2 Å². The first kappa shape index (κ1) is 12.9. The Bertz CT molecular complexity index is 598. The lowest BCUT2D eigenvalue weighted by Crippen LogP contribution is -2.48. The van der Waals surface area contributed by atoms with E-state index < -0.39 is 5.97 Å². The average molecular weight is 268 g/mol. The topological polar surface area (TPSA) is 46.5 Å². The fraction of sp³-hybridized carbons (Fsp3) is 0.235. The van der Waals surface area contributed by atoms with Crippen molar-refractivity contribution in [3.05, 3.63) is 60.2 Å². The summed E-state index contributed by atoms with van der Waals surface area (Å²) in [6, 6.07) is 18.3.